The molecule has 2 aliphatic rings. The van der Waals surface area contributed by atoms with Crippen molar-refractivity contribution in [3.63, 3.8) is 0 Å². The van der Waals surface area contributed by atoms with Gasteiger partial charge in [-0.1, -0.05) is 60.7 Å². The summed E-state index contributed by atoms with van der Waals surface area (Å²) in [6.07, 6.45) is 2.94. The number of benzene rings is 2. The Morgan fingerprint density at radius 1 is 0.880 bits per heavy atom. The van der Waals surface area contributed by atoms with Crippen molar-refractivity contribution >= 4 is 17.7 Å². The molecule has 0 radical (unpaired) electrons. The molecule has 1 aliphatic carbocycles. The molecule has 1 saturated carbocycles. The molecule has 1 heterocycles. The first-order chi connectivity index (χ1) is 12.1. The average Bonchev–Trinajstić information content (AvgIpc) is 3.35. The van der Waals surface area contributed by atoms with Gasteiger partial charge in [-0.15, -0.1) is 0 Å². The predicted molar refractivity (Wildman–Crippen MR) is 90.9 cm³/mol. The summed E-state index contributed by atoms with van der Waals surface area (Å²) in [4.78, 5) is 36.1. The van der Waals surface area contributed by atoms with Crippen molar-refractivity contribution in [1.82, 2.24) is 10.4 Å². The SMILES string of the molecule is O=C(NN1C(=O)C=CC1=O)C1CC1(c1ccccc1)c1ccccc1. The lowest BCUT2D eigenvalue weighted by Gasteiger charge is -2.20. The van der Waals surface area contributed by atoms with Crippen LogP contribution in [0.5, 0.6) is 0 Å². The number of carbonyl (C=O) groups is 3. The van der Waals surface area contributed by atoms with Crippen molar-refractivity contribution in [3.05, 3.63) is 83.9 Å². The van der Waals surface area contributed by atoms with Gasteiger partial charge in [0.15, 0.2) is 0 Å². The number of imide groups is 1. The van der Waals surface area contributed by atoms with Gasteiger partial charge in [-0.2, -0.15) is 5.01 Å². The summed E-state index contributed by atoms with van der Waals surface area (Å²) in [5.41, 5.74) is 4.15. The van der Waals surface area contributed by atoms with E-state index in [4.69, 9.17) is 0 Å². The van der Waals surface area contributed by atoms with E-state index in [1.165, 1.54) is 0 Å². The van der Waals surface area contributed by atoms with E-state index in [1.807, 2.05) is 60.7 Å². The molecule has 2 aromatic carbocycles. The second-order valence-corrected chi connectivity index (χ2v) is 6.28. The first-order valence-electron chi connectivity index (χ1n) is 8.10. The Balaban J connectivity index is 1.64. The highest BCUT2D eigenvalue weighted by Gasteiger charge is 2.60. The average molecular weight is 332 g/mol. The smallest absolute Gasteiger partial charge is 0.272 e. The molecule has 5 heteroatoms. The summed E-state index contributed by atoms with van der Waals surface area (Å²) in [5, 5.41) is 0.765. The van der Waals surface area contributed by atoms with Crippen LogP contribution in [0.2, 0.25) is 0 Å². The van der Waals surface area contributed by atoms with Gasteiger partial charge in [0.2, 0.25) is 5.91 Å². The maximum atomic E-state index is 12.7. The maximum Gasteiger partial charge on any atom is 0.272 e. The fourth-order valence-electron chi connectivity index (χ4n) is 3.55. The van der Waals surface area contributed by atoms with Gasteiger partial charge >= 0.3 is 0 Å². The van der Waals surface area contributed by atoms with E-state index >= 15 is 0 Å². The van der Waals surface area contributed by atoms with Crippen LogP contribution < -0.4 is 5.43 Å². The summed E-state index contributed by atoms with van der Waals surface area (Å²) in [5.74, 6) is -1.70. The molecule has 1 atom stereocenters. The van der Waals surface area contributed by atoms with E-state index in [-0.39, 0.29) is 11.8 Å². The van der Waals surface area contributed by atoms with Crippen LogP contribution in [0.4, 0.5) is 0 Å². The third-order valence-electron chi connectivity index (χ3n) is 4.89. The van der Waals surface area contributed by atoms with Gasteiger partial charge in [0, 0.05) is 17.6 Å². The summed E-state index contributed by atoms with van der Waals surface area (Å²) in [6, 6.07) is 19.7. The zero-order valence-electron chi connectivity index (χ0n) is 13.4. The number of rotatable bonds is 4. The van der Waals surface area contributed by atoms with E-state index in [9.17, 15) is 14.4 Å². The molecule has 0 aromatic heterocycles. The second kappa shape index (κ2) is 5.70. The topological polar surface area (TPSA) is 66.5 Å². The fourth-order valence-corrected chi connectivity index (χ4v) is 3.55. The minimum Gasteiger partial charge on any atom is -0.273 e. The molecule has 0 bridgehead atoms. The van der Waals surface area contributed by atoms with Crippen molar-refractivity contribution < 1.29 is 14.4 Å². The van der Waals surface area contributed by atoms with Gasteiger partial charge in [0.25, 0.3) is 11.8 Å². The first-order valence-corrected chi connectivity index (χ1v) is 8.10. The van der Waals surface area contributed by atoms with E-state index in [0.717, 1.165) is 28.3 Å². The first kappa shape index (κ1) is 15.3. The lowest BCUT2D eigenvalue weighted by Crippen LogP contribution is -2.47. The molecule has 3 amide bonds. The lowest BCUT2D eigenvalue weighted by molar-refractivity contribution is -0.147. The molecule has 1 unspecified atom stereocenters. The van der Waals surface area contributed by atoms with Crippen molar-refractivity contribution in [1.29, 1.82) is 0 Å². The highest BCUT2D eigenvalue weighted by Crippen LogP contribution is 2.58. The third kappa shape index (κ3) is 2.45. The Labute approximate surface area is 144 Å². The normalized spacial score (nSPS) is 20.6. The third-order valence-corrected chi connectivity index (χ3v) is 4.89. The summed E-state index contributed by atoms with van der Waals surface area (Å²) >= 11 is 0. The van der Waals surface area contributed by atoms with Crippen LogP contribution in [0.3, 0.4) is 0 Å². The van der Waals surface area contributed by atoms with Gasteiger partial charge in [-0.25, -0.2) is 0 Å². The van der Waals surface area contributed by atoms with Gasteiger partial charge in [0.1, 0.15) is 0 Å². The van der Waals surface area contributed by atoms with Crippen LogP contribution in [0.1, 0.15) is 17.5 Å². The van der Waals surface area contributed by atoms with E-state index in [2.05, 4.69) is 5.43 Å². The van der Waals surface area contributed by atoms with Gasteiger partial charge in [-0.3, -0.25) is 19.8 Å². The number of nitrogens with one attached hydrogen (secondary N) is 1. The van der Waals surface area contributed by atoms with Gasteiger partial charge < -0.3 is 0 Å². The second-order valence-electron chi connectivity index (χ2n) is 6.28. The van der Waals surface area contributed by atoms with Crippen molar-refractivity contribution in [2.24, 2.45) is 5.92 Å². The minimum atomic E-state index is -0.524. The molecule has 1 fully saturated rings. The standard InChI is InChI=1S/C20H16N2O3/c23-17-11-12-18(24)22(17)21-19(25)16-13-20(16,14-7-3-1-4-8-14)15-9-5-2-6-10-15/h1-12,16H,13H2,(H,21,25). The highest BCUT2D eigenvalue weighted by atomic mass is 16.2. The summed E-state index contributed by atoms with van der Waals surface area (Å²) in [6.45, 7) is 0. The molecular formula is C20H16N2O3. The van der Waals surface area contributed by atoms with Crippen molar-refractivity contribution in [3.8, 4) is 0 Å². The number of hydrogen-bond donors (Lipinski definition) is 1. The molecular weight excluding hydrogens is 316 g/mol. The van der Waals surface area contributed by atoms with Crippen LogP contribution in [0.25, 0.3) is 0 Å². The fraction of sp³-hybridized carbons (Fsp3) is 0.150. The van der Waals surface area contributed by atoms with E-state index in [0.29, 0.717) is 6.42 Å². The lowest BCUT2D eigenvalue weighted by atomic mass is 9.85. The highest BCUT2D eigenvalue weighted by molar-refractivity contribution is 6.13. The molecule has 0 saturated heterocycles. The Morgan fingerprint density at radius 2 is 1.36 bits per heavy atom. The number of hydrogen-bond acceptors (Lipinski definition) is 3. The van der Waals surface area contributed by atoms with Crippen LogP contribution >= 0.6 is 0 Å². The van der Waals surface area contributed by atoms with Crippen molar-refractivity contribution in [2.45, 2.75) is 11.8 Å². The van der Waals surface area contributed by atoms with E-state index < -0.39 is 17.2 Å². The Hall–Kier alpha value is -3.21. The minimum absolute atomic E-state index is 0.321. The Bertz CT molecular complexity index is 817. The number of nitrogens with zero attached hydrogens (tertiary/aromatic N) is 1. The molecule has 4 rings (SSSR count). The van der Waals surface area contributed by atoms with Crippen LogP contribution in [0, 0.1) is 5.92 Å². The van der Waals surface area contributed by atoms with Gasteiger partial charge in [0.05, 0.1) is 5.92 Å². The van der Waals surface area contributed by atoms with Crippen LogP contribution in [-0.2, 0) is 19.8 Å². The Morgan fingerprint density at radius 3 is 1.84 bits per heavy atom. The zero-order valence-corrected chi connectivity index (χ0v) is 13.4. The number of hydrazine groups is 1. The summed E-state index contributed by atoms with van der Waals surface area (Å²) < 4.78 is 0. The molecule has 0 spiro atoms. The summed E-state index contributed by atoms with van der Waals surface area (Å²) in [7, 11) is 0. The monoisotopic (exact) mass is 332 g/mol. The predicted octanol–water partition coefficient (Wildman–Crippen LogP) is 1.95. The Kier molecular flexibility index (Phi) is 3.50. The van der Waals surface area contributed by atoms with Crippen molar-refractivity contribution in [2.75, 3.05) is 0 Å². The maximum absolute atomic E-state index is 12.7. The molecule has 25 heavy (non-hydrogen) atoms. The van der Waals surface area contributed by atoms with Crippen LogP contribution in [0.15, 0.2) is 72.8 Å². The molecule has 124 valence electrons. The van der Waals surface area contributed by atoms with E-state index in [1.54, 1.807) is 0 Å². The molecule has 5 nitrogen and oxygen atoms in total. The zero-order chi connectivity index (χ0) is 17.4. The number of carbonyl (C=O) groups excluding carboxylic acids is 3. The van der Waals surface area contributed by atoms with Crippen LogP contribution in [-0.4, -0.2) is 22.7 Å². The van der Waals surface area contributed by atoms with Gasteiger partial charge in [-0.05, 0) is 17.5 Å². The molecule has 1 N–H and O–H groups in total. The largest absolute Gasteiger partial charge is 0.273 e. The quantitative estimate of drug-likeness (QED) is 0.870. The molecule has 2 aromatic rings. The number of amides is 3. The molecule has 1 aliphatic heterocycles.